The van der Waals surface area contributed by atoms with Gasteiger partial charge in [0.2, 0.25) is 11.1 Å². The van der Waals surface area contributed by atoms with E-state index in [0.29, 0.717) is 5.16 Å². The Labute approximate surface area is 163 Å². The highest BCUT2D eigenvalue weighted by atomic mass is 32.2. The zero-order chi connectivity index (χ0) is 18.6. The molecule has 1 amide bonds. The average molecular weight is 379 g/mol. The summed E-state index contributed by atoms with van der Waals surface area (Å²) in [5, 5.41) is 7.61. The summed E-state index contributed by atoms with van der Waals surface area (Å²) in [7, 11) is 0. The van der Waals surface area contributed by atoms with Crippen molar-refractivity contribution >= 4 is 17.7 Å². The molecule has 4 rings (SSSR count). The number of hydrogen-bond donors (Lipinski definition) is 1. The number of thioether (sulfide) groups is 1. The summed E-state index contributed by atoms with van der Waals surface area (Å²) in [4.78, 5) is 19.7. The van der Waals surface area contributed by atoms with Crippen LogP contribution in [-0.2, 0) is 4.79 Å². The second kappa shape index (κ2) is 7.96. The van der Waals surface area contributed by atoms with E-state index in [-0.39, 0.29) is 11.2 Å². The summed E-state index contributed by atoms with van der Waals surface area (Å²) in [6, 6.07) is 18.0. The number of amides is 1. The molecule has 0 unspecified atom stereocenters. The summed E-state index contributed by atoms with van der Waals surface area (Å²) in [6.45, 7) is 3.73. The lowest BCUT2D eigenvalue weighted by molar-refractivity contribution is -0.129. The Kier molecular flexibility index (Phi) is 5.25. The molecule has 5 nitrogen and oxygen atoms in total. The normalized spacial score (nSPS) is 15.1. The first-order chi connectivity index (χ1) is 13.2. The minimum Gasteiger partial charge on any atom is -0.341 e. The van der Waals surface area contributed by atoms with Crippen LogP contribution < -0.4 is 0 Å². The van der Waals surface area contributed by atoms with Crippen LogP contribution in [0.3, 0.4) is 0 Å². The summed E-state index contributed by atoms with van der Waals surface area (Å²) in [5.41, 5.74) is 3.18. The van der Waals surface area contributed by atoms with Crippen LogP contribution in [0.2, 0.25) is 0 Å². The van der Waals surface area contributed by atoms with Crippen molar-refractivity contribution in [2.45, 2.75) is 30.2 Å². The lowest BCUT2D eigenvalue weighted by atomic mass is 10.1. The SMILES string of the molecule is Cc1ccc(-c2nc(S[C@@H](C(=O)N3CCCC3)c3ccccc3)n[nH]2)cc1. The third kappa shape index (κ3) is 4.06. The number of aryl methyl sites for hydroxylation is 1. The Morgan fingerprint density at radius 3 is 2.48 bits per heavy atom. The van der Waals surface area contributed by atoms with Gasteiger partial charge in [0.15, 0.2) is 5.82 Å². The summed E-state index contributed by atoms with van der Waals surface area (Å²) >= 11 is 1.41. The van der Waals surface area contributed by atoms with Gasteiger partial charge in [-0.1, -0.05) is 71.9 Å². The van der Waals surface area contributed by atoms with Crippen LogP contribution in [0.15, 0.2) is 59.8 Å². The number of nitrogens with zero attached hydrogens (tertiary/aromatic N) is 3. The maximum atomic E-state index is 13.1. The van der Waals surface area contributed by atoms with Crippen LogP contribution in [0.25, 0.3) is 11.4 Å². The molecule has 0 aliphatic carbocycles. The molecule has 0 radical (unpaired) electrons. The molecule has 1 saturated heterocycles. The van der Waals surface area contributed by atoms with E-state index in [4.69, 9.17) is 0 Å². The first-order valence-electron chi connectivity index (χ1n) is 9.20. The van der Waals surface area contributed by atoms with E-state index in [1.165, 1.54) is 17.3 Å². The molecule has 3 aromatic rings. The predicted octanol–water partition coefficient (Wildman–Crippen LogP) is 4.24. The van der Waals surface area contributed by atoms with Gasteiger partial charge in [0.1, 0.15) is 5.25 Å². The highest BCUT2D eigenvalue weighted by Gasteiger charge is 2.29. The Morgan fingerprint density at radius 2 is 1.78 bits per heavy atom. The molecule has 6 heteroatoms. The van der Waals surface area contributed by atoms with E-state index >= 15 is 0 Å². The molecule has 1 aliphatic heterocycles. The van der Waals surface area contributed by atoms with Crippen molar-refractivity contribution in [1.82, 2.24) is 20.1 Å². The van der Waals surface area contributed by atoms with Gasteiger partial charge in [-0.2, -0.15) is 0 Å². The van der Waals surface area contributed by atoms with Crippen molar-refractivity contribution in [2.24, 2.45) is 0 Å². The van der Waals surface area contributed by atoms with Gasteiger partial charge in [0.25, 0.3) is 0 Å². The fraction of sp³-hybridized carbons (Fsp3) is 0.286. The van der Waals surface area contributed by atoms with Gasteiger partial charge in [0, 0.05) is 18.7 Å². The van der Waals surface area contributed by atoms with Crippen LogP contribution in [0.4, 0.5) is 0 Å². The lowest BCUT2D eigenvalue weighted by Crippen LogP contribution is -2.31. The van der Waals surface area contributed by atoms with Crippen LogP contribution in [0.1, 0.15) is 29.2 Å². The molecular formula is C21H22N4OS. The van der Waals surface area contributed by atoms with Crippen molar-refractivity contribution < 1.29 is 4.79 Å². The number of benzene rings is 2. The van der Waals surface area contributed by atoms with Gasteiger partial charge < -0.3 is 4.90 Å². The summed E-state index contributed by atoms with van der Waals surface area (Å²) in [6.07, 6.45) is 2.16. The zero-order valence-electron chi connectivity index (χ0n) is 15.3. The number of aromatic nitrogens is 3. The van der Waals surface area contributed by atoms with Crippen LogP contribution in [0.5, 0.6) is 0 Å². The monoisotopic (exact) mass is 378 g/mol. The topological polar surface area (TPSA) is 61.9 Å². The number of rotatable bonds is 5. The van der Waals surface area contributed by atoms with E-state index in [1.54, 1.807) is 0 Å². The zero-order valence-corrected chi connectivity index (χ0v) is 16.1. The van der Waals surface area contributed by atoms with Crippen molar-refractivity contribution in [3.63, 3.8) is 0 Å². The fourth-order valence-corrected chi connectivity index (χ4v) is 4.23. The van der Waals surface area contributed by atoms with Gasteiger partial charge >= 0.3 is 0 Å². The molecule has 1 atom stereocenters. The van der Waals surface area contributed by atoms with E-state index in [0.717, 1.165) is 42.9 Å². The number of hydrogen-bond acceptors (Lipinski definition) is 4. The molecule has 2 heterocycles. The molecule has 0 spiro atoms. The number of carbonyl (C=O) groups is 1. The van der Waals surface area contributed by atoms with Gasteiger partial charge in [-0.3, -0.25) is 9.89 Å². The van der Waals surface area contributed by atoms with Crippen molar-refractivity contribution in [3.8, 4) is 11.4 Å². The Morgan fingerprint density at radius 1 is 1.07 bits per heavy atom. The van der Waals surface area contributed by atoms with Crippen LogP contribution in [0, 0.1) is 6.92 Å². The molecule has 1 aliphatic rings. The number of H-pyrrole nitrogens is 1. The molecular weight excluding hydrogens is 356 g/mol. The van der Waals surface area contributed by atoms with Crippen LogP contribution >= 0.6 is 11.8 Å². The smallest absolute Gasteiger partial charge is 0.240 e. The average Bonchev–Trinajstić information content (AvgIpc) is 3.39. The maximum Gasteiger partial charge on any atom is 0.240 e. The van der Waals surface area contributed by atoms with Gasteiger partial charge in [0.05, 0.1) is 0 Å². The molecule has 1 aromatic heterocycles. The summed E-state index contributed by atoms with van der Waals surface area (Å²) in [5.74, 6) is 0.864. The van der Waals surface area contributed by atoms with Gasteiger partial charge in [-0.05, 0) is 25.3 Å². The molecule has 0 bridgehead atoms. The Hall–Kier alpha value is -2.60. The maximum absolute atomic E-state index is 13.1. The second-order valence-electron chi connectivity index (χ2n) is 6.77. The van der Waals surface area contributed by atoms with E-state index in [9.17, 15) is 4.79 Å². The quantitative estimate of drug-likeness (QED) is 0.675. The van der Waals surface area contributed by atoms with E-state index < -0.39 is 0 Å². The molecule has 1 N–H and O–H groups in total. The Bertz CT molecular complexity index is 901. The van der Waals surface area contributed by atoms with E-state index in [1.807, 2.05) is 59.5 Å². The van der Waals surface area contributed by atoms with Crippen molar-refractivity contribution in [2.75, 3.05) is 13.1 Å². The summed E-state index contributed by atoms with van der Waals surface area (Å²) < 4.78 is 0. The molecule has 27 heavy (non-hydrogen) atoms. The first-order valence-corrected chi connectivity index (χ1v) is 10.1. The molecule has 2 aromatic carbocycles. The molecule has 1 fully saturated rings. The highest BCUT2D eigenvalue weighted by molar-refractivity contribution is 8.00. The minimum absolute atomic E-state index is 0.144. The third-order valence-electron chi connectivity index (χ3n) is 4.76. The predicted molar refractivity (Wildman–Crippen MR) is 107 cm³/mol. The number of likely N-dealkylation sites (tertiary alicyclic amines) is 1. The third-order valence-corrected chi connectivity index (χ3v) is 5.86. The van der Waals surface area contributed by atoms with Crippen molar-refractivity contribution in [3.05, 3.63) is 65.7 Å². The second-order valence-corrected chi connectivity index (χ2v) is 7.85. The number of nitrogens with one attached hydrogen (secondary N) is 1. The number of carbonyl (C=O) groups excluding carboxylic acids is 1. The minimum atomic E-state index is -0.328. The van der Waals surface area contributed by atoms with Gasteiger partial charge in [-0.15, -0.1) is 5.10 Å². The van der Waals surface area contributed by atoms with Crippen LogP contribution in [-0.4, -0.2) is 39.1 Å². The fourth-order valence-electron chi connectivity index (χ4n) is 3.24. The number of aromatic amines is 1. The highest BCUT2D eigenvalue weighted by Crippen LogP contribution is 2.36. The Balaban J connectivity index is 1.58. The van der Waals surface area contributed by atoms with Gasteiger partial charge in [-0.25, -0.2) is 4.98 Å². The largest absolute Gasteiger partial charge is 0.341 e. The van der Waals surface area contributed by atoms with Crippen molar-refractivity contribution in [1.29, 1.82) is 0 Å². The molecule has 138 valence electrons. The lowest BCUT2D eigenvalue weighted by Gasteiger charge is -2.22. The van der Waals surface area contributed by atoms with E-state index in [2.05, 4.69) is 22.1 Å². The first kappa shape index (κ1) is 17.8. The molecule has 0 saturated carbocycles. The standard InChI is InChI=1S/C21H22N4OS/c1-15-9-11-17(12-10-15)19-22-21(24-23-19)27-18(16-7-3-2-4-8-16)20(26)25-13-5-6-14-25/h2-4,7-12,18H,5-6,13-14H2,1H3,(H,22,23,24)/t18-/m1/s1.